The molecule has 6 rings (SSSR count). The van der Waals surface area contributed by atoms with E-state index < -0.39 is 11.6 Å². The third kappa shape index (κ3) is 8.56. The molecule has 1 saturated carbocycles. The third-order valence-electron chi connectivity index (χ3n) is 6.46. The van der Waals surface area contributed by atoms with E-state index in [1.807, 2.05) is 66.5 Å². The van der Waals surface area contributed by atoms with E-state index >= 15 is 0 Å². The average molecular weight is 533 g/mol. The van der Waals surface area contributed by atoms with Gasteiger partial charge in [0, 0.05) is 49.2 Å². The molecule has 1 aromatic heterocycles. The molecule has 0 unspecified atom stereocenters. The molecule has 2 fully saturated rings. The van der Waals surface area contributed by atoms with Crippen molar-refractivity contribution in [1.29, 1.82) is 0 Å². The van der Waals surface area contributed by atoms with Crippen molar-refractivity contribution in [3.63, 3.8) is 0 Å². The van der Waals surface area contributed by atoms with Crippen LogP contribution in [0.3, 0.4) is 0 Å². The predicted octanol–water partition coefficient (Wildman–Crippen LogP) is 6.17. The fraction of sp³-hybridized carbons (Fsp3) is 0.290. The monoisotopic (exact) mass is 532 g/mol. The van der Waals surface area contributed by atoms with Crippen molar-refractivity contribution in [2.24, 2.45) is 5.92 Å². The zero-order chi connectivity index (χ0) is 27.5. The van der Waals surface area contributed by atoms with Crippen molar-refractivity contribution in [3.05, 3.63) is 95.2 Å². The average Bonchev–Trinajstić information content (AvgIpc) is 3.74. The molecule has 0 atom stereocenters. The number of rotatable bonds is 6. The van der Waals surface area contributed by atoms with E-state index in [9.17, 15) is 13.6 Å². The number of aromatic nitrogens is 2. The maximum Gasteiger partial charge on any atom is 0.131 e. The smallest absolute Gasteiger partial charge is 0.131 e. The Morgan fingerprint density at radius 3 is 2.26 bits per heavy atom. The summed E-state index contributed by atoms with van der Waals surface area (Å²) in [5.74, 6) is -0.596. The van der Waals surface area contributed by atoms with Crippen LogP contribution in [0.15, 0.2) is 66.7 Å². The van der Waals surface area contributed by atoms with Crippen molar-refractivity contribution >= 4 is 35.0 Å². The summed E-state index contributed by atoms with van der Waals surface area (Å²) in [6.45, 7) is 2.83. The number of ether oxygens (including phenoxy) is 1. The Morgan fingerprint density at radius 1 is 1.00 bits per heavy atom. The summed E-state index contributed by atoms with van der Waals surface area (Å²) < 4.78 is 34.1. The first kappa shape index (κ1) is 28.1. The lowest BCUT2D eigenvalue weighted by molar-refractivity contribution is -0.108. The van der Waals surface area contributed by atoms with Crippen LogP contribution in [0.2, 0.25) is 0 Å². The summed E-state index contributed by atoms with van der Waals surface area (Å²) in [5, 5.41) is 11.2. The Labute approximate surface area is 227 Å². The molecule has 1 saturated heterocycles. The van der Waals surface area contributed by atoms with Crippen LogP contribution in [0.1, 0.15) is 29.7 Å². The van der Waals surface area contributed by atoms with Gasteiger partial charge in [-0.25, -0.2) is 8.78 Å². The number of halogens is 2. The van der Waals surface area contributed by atoms with Crippen molar-refractivity contribution in [2.45, 2.75) is 19.4 Å². The summed E-state index contributed by atoms with van der Waals surface area (Å²) in [4.78, 5) is 11.6. The highest BCUT2D eigenvalue weighted by Gasteiger charge is 2.19. The van der Waals surface area contributed by atoms with Gasteiger partial charge in [-0.3, -0.25) is 10.00 Å². The van der Waals surface area contributed by atoms with E-state index in [-0.39, 0.29) is 12.1 Å². The Morgan fingerprint density at radius 2 is 1.67 bits per heavy atom. The lowest BCUT2D eigenvalue weighted by atomic mass is 10.1. The second-order valence-electron chi connectivity index (χ2n) is 9.43. The van der Waals surface area contributed by atoms with Crippen LogP contribution in [-0.2, 0) is 16.1 Å². The number of para-hydroxylation sites is 2. The van der Waals surface area contributed by atoms with Crippen molar-refractivity contribution in [3.8, 4) is 0 Å². The quantitative estimate of drug-likeness (QED) is 0.291. The number of H-pyrrole nitrogens is 1. The summed E-state index contributed by atoms with van der Waals surface area (Å²) in [7, 11) is 1.91. The fourth-order valence-corrected chi connectivity index (χ4v) is 3.98. The molecule has 204 valence electrons. The third-order valence-corrected chi connectivity index (χ3v) is 6.46. The Balaban J connectivity index is 0.000000221. The van der Waals surface area contributed by atoms with Gasteiger partial charge in [0.2, 0.25) is 0 Å². The van der Waals surface area contributed by atoms with Gasteiger partial charge in [-0.05, 0) is 54.8 Å². The Kier molecular flexibility index (Phi) is 10.3. The fourth-order valence-electron chi connectivity index (χ4n) is 3.98. The molecule has 2 heterocycles. The highest BCUT2D eigenvalue weighted by atomic mass is 19.1. The number of carbonyl (C=O) groups is 1. The van der Waals surface area contributed by atoms with Crippen LogP contribution in [0.5, 0.6) is 0 Å². The van der Waals surface area contributed by atoms with Crippen LogP contribution in [0.25, 0.3) is 23.1 Å². The second kappa shape index (κ2) is 14.3. The van der Waals surface area contributed by atoms with Gasteiger partial charge in [0.1, 0.15) is 17.9 Å². The number of hydrogen-bond donors (Lipinski definition) is 2. The largest absolute Gasteiger partial charge is 0.388 e. The maximum atomic E-state index is 14.4. The molecular weight excluding hydrogens is 498 g/mol. The molecule has 1 aliphatic carbocycles. The lowest BCUT2D eigenvalue weighted by Gasteiger charge is -2.26. The zero-order valence-corrected chi connectivity index (χ0v) is 22.1. The van der Waals surface area contributed by atoms with Crippen LogP contribution in [0, 0.1) is 17.6 Å². The Bertz CT molecular complexity index is 1340. The van der Waals surface area contributed by atoms with E-state index in [1.54, 1.807) is 12.2 Å². The molecule has 3 aromatic carbocycles. The van der Waals surface area contributed by atoms with Gasteiger partial charge in [0.25, 0.3) is 0 Å². The number of nitrogens with zero attached hydrogens (tertiary/aromatic N) is 2. The number of carbonyl (C=O) groups excluding carboxylic acids is 1. The van der Waals surface area contributed by atoms with Crippen LogP contribution in [0.4, 0.5) is 14.5 Å². The van der Waals surface area contributed by atoms with Gasteiger partial charge in [-0.1, -0.05) is 42.5 Å². The number of nitrogens with one attached hydrogen (secondary N) is 2. The second-order valence-corrected chi connectivity index (χ2v) is 9.43. The van der Waals surface area contributed by atoms with Crippen molar-refractivity contribution in [2.75, 3.05) is 38.7 Å². The van der Waals surface area contributed by atoms with Gasteiger partial charge in [0.05, 0.1) is 24.4 Å². The predicted molar refractivity (Wildman–Crippen MR) is 152 cm³/mol. The number of anilines is 1. The molecule has 1 aliphatic heterocycles. The molecule has 8 heteroatoms. The standard InChI is InChI=1S/C20H19F2N3O.C7H9N.C4H6O/c21-17-11-14(5-6-20-15-3-1-2-4-19(15)23-24-20)12-18(22)16(17)13-25-7-9-26-10-8-25;1-8-7-5-3-2-4-6-7;5-3-4-1-2-4/h1-6,11-12H,7-10,13H2,(H,23,24);2-6,8H,1H3;3-4H,1-2H2/b6-5+;;. The topological polar surface area (TPSA) is 70.2 Å². The molecule has 2 N–H and O–H groups in total. The minimum atomic E-state index is -0.525. The summed E-state index contributed by atoms with van der Waals surface area (Å²) in [6.07, 6.45) is 6.75. The van der Waals surface area contributed by atoms with E-state index in [2.05, 4.69) is 15.5 Å². The van der Waals surface area contributed by atoms with Crippen molar-refractivity contribution in [1.82, 2.24) is 15.1 Å². The number of hydrogen-bond acceptors (Lipinski definition) is 5. The molecule has 39 heavy (non-hydrogen) atoms. The molecular formula is C31H34F2N4O2. The highest BCUT2D eigenvalue weighted by molar-refractivity contribution is 5.89. The van der Waals surface area contributed by atoms with Gasteiger partial charge in [-0.2, -0.15) is 5.10 Å². The first-order valence-electron chi connectivity index (χ1n) is 13.1. The Hall–Kier alpha value is -3.88. The minimum absolute atomic E-state index is 0.106. The van der Waals surface area contributed by atoms with Gasteiger partial charge >= 0.3 is 0 Å². The molecule has 0 bridgehead atoms. The lowest BCUT2D eigenvalue weighted by Crippen LogP contribution is -2.36. The summed E-state index contributed by atoms with van der Waals surface area (Å²) in [5.41, 5.74) is 3.39. The number of aldehydes is 1. The van der Waals surface area contributed by atoms with Crippen molar-refractivity contribution < 1.29 is 18.3 Å². The highest BCUT2D eigenvalue weighted by Crippen LogP contribution is 2.25. The van der Waals surface area contributed by atoms with E-state index in [4.69, 9.17) is 4.74 Å². The number of aromatic amines is 1. The molecule has 2 aliphatic rings. The molecule has 0 radical (unpaired) electrons. The van der Waals surface area contributed by atoms with Gasteiger partial charge in [0.15, 0.2) is 0 Å². The van der Waals surface area contributed by atoms with E-state index in [1.165, 1.54) is 12.1 Å². The summed E-state index contributed by atoms with van der Waals surface area (Å²) in [6, 6.07) is 20.5. The number of morpholine rings is 1. The van der Waals surface area contributed by atoms with Crippen LogP contribution in [-0.4, -0.2) is 54.7 Å². The molecule has 6 nitrogen and oxygen atoms in total. The van der Waals surface area contributed by atoms with Gasteiger partial charge < -0.3 is 14.8 Å². The number of benzene rings is 3. The molecule has 0 spiro atoms. The normalized spacial score (nSPS) is 15.3. The SMILES string of the molecule is CNc1ccccc1.Fc1cc(/C=C/c2n[nH]c3ccccc23)cc(F)c1CN1CCOCC1.O=CC1CC1. The molecule has 4 aromatic rings. The van der Waals surface area contributed by atoms with Crippen LogP contribution < -0.4 is 5.32 Å². The number of fused-ring (bicyclic) bond motifs is 1. The first-order valence-corrected chi connectivity index (χ1v) is 13.1. The molecule has 0 amide bonds. The van der Waals surface area contributed by atoms with E-state index in [0.717, 1.165) is 41.4 Å². The zero-order valence-electron chi connectivity index (χ0n) is 22.1. The van der Waals surface area contributed by atoms with E-state index in [0.29, 0.717) is 37.8 Å². The first-order chi connectivity index (χ1) is 19.1. The maximum absolute atomic E-state index is 14.4. The minimum Gasteiger partial charge on any atom is -0.388 e. The van der Waals surface area contributed by atoms with Gasteiger partial charge in [-0.15, -0.1) is 0 Å². The summed E-state index contributed by atoms with van der Waals surface area (Å²) >= 11 is 0. The van der Waals surface area contributed by atoms with Crippen LogP contribution >= 0.6 is 0 Å².